The van der Waals surface area contributed by atoms with Crippen LogP contribution in [0, 0.1) is 5.41 Å². The fraction of sp³-hybridized carbons (Fsp3) is 0.538. The van der Waals surface area contributed by atoms with Crippen LogP contribution < -0.4 is 5.73 Å². The Morgan fingerprint density at radius 3 is 2.81 bits per heavy atom. The lowest BCUT2D eigenvalue weighted by molar-refractivity contribution is 0.183. The van der Waals surface area contributed by atoms with Crippen LogP contribution in [-0.2, 0) is 11.3 Å². The van der Waals surface area contributed by atoms with Crippen LogP contribution in [0.4, 0.5) is 0 Å². The molecule has 1 aromatic carbocycles. The average molecular weight is 221 g/mol. The number of rotatable bonds is 5. The summed E-state index contributed by atoms with van der Waals surface area (Å²) >= 11 is 0. The zero-order valence-corrected chi connectivity index (χ0v) is 9.65. The van der Waals surface area contributed by atoms with Crippen molar-refractivity contribution >= 4 is 0 Å². The highest BCUT2D eigenvalue weighted by Gasteiger charge is 2.53. The lowest BCUT2D eigenvalue weighted by atomic mass is 9.96. The maximum absolute atomic E-state index is 9.40. The molecular formula is C13H19NO2. The van der Waals surface area contributed by atoms with Gasteiger partial charge in [-0.15, -0.1) is 0 Å². The Hall–Kier alpha value is -0.900. The van der Waals surface area contributed by atoms with Crippen molar-refractivity contribution in [3.05, 3.63) is 35.4 Å². The van der Waals surface area contributed by atoms with Crippen LogP contribution in [0.25, 0.3) is 0 Å². The van der Waals surface area contributed by atoms with Crippen LogP contribution in [0.1, 0.15) is 23.5 Å². The summed E-state index contributed by atoms with van der Waals surface area (Å²) in [4.78, 5) is 0. The van der Waals surface area contributed by atoms with Crippen LogP contribution in [0.15, 0.2) is 24.3 Å². The molecule has 0 amide bonds. The van der Waals surface area contributed by atoms with E-state index in [-0.39, 0.29) is 12.0 Å². The van der Waals surface area contributed by atoms with Crippen molar-refractivity contribution in [3.8, 4) is 0 Å². The third-order valence-electron chi connectivity index (χ3n) is 3.64. The van der Waals surface area contributed by atoms with E-state index in [1.165, 1.54) is 11.1 Å². The second kappa shape index (κ2) is 4.53. The summed E-state index contributed by atoms with van der Waals surface area (Å²) in [5, 5.41) is 9.40. The van der Waals surface area contributed by atoms with Gasteiger partial charge in [0.2, 0.25) is 0 Å². The first kappa shape index (κ1) is 11.6. The summed E-state index contributed by atoms with van der Waals surface area (Å²) in [6, 6.07) is 8.25. The molecule has 88 valence electrons. The minimum absolute atomic E-state index is 0.0795. The minimum atomic E-state index is -0.0795. The molecular weight excluding hydrogens is 202 g/mol. The maximum Gasteiger partial charge on any atom is 0.0715 e. The highest BCUT2D eigenvalue weighted by atomic mass is 16.5. The molecule has 2 unspecified atom stereocenters. The van der Waals surface area contributed by atoms with Crippen molar-refractivity contribution < 1.29 is 9.84 Å². The van der Waals surface area contributed by atoms with Gasteiger partial charge >= 0.3 is 0 Å². The molecule has 2 rings (SSSR count). The zero-order valence-electron chi connectivity index (χ0n) is 9.65. The number of aliphatic hydroxyl groups excluding tert-OH is 1. The predicted molar refractivity (Wildman–Crippen MR) is 63.1 cm³/mol. The zero-order chi connectivity index (χ0) is 11.6. The fourth-order valence-corrected chi connectivity index (χ4v) is 2.41. The van der Waals surface area contributed by atoms with Crippen molar-refractivity contribution in [2.45, 2.75) is 18.9 Å². The van der Waals surface area contributed by atoms with Crippen molar-refractivity contribution in [3.63, 3.8) is 0 Å². The molecule has 0 aliphatic heterocycles. The summed E-state index contributed by atoms with van der Waals surface area (Å²) < 4.78 is 5.19. The smallest absolute Gasteiger partial charge is 0.0715 e. The first-order valence-corrected chi connectivity index (χ1v) is 5.65. The summed E-state index contributed by atoms with van der Waals surface area (Å²) in [5.41, 5.74) is 8.15. The summed E-state index contributed by atoms with van der Waals surface area (Å²) in [5.74, 6) is 0.397. The van der Waals surface area contributed by atoms with Gasteiger partial charge in [-0.2, -0.15) is 0 Å². The monoisotopic (exact) mass is 221 g/mol. The summed E-state index contributed by atoms with van der Waals surface area (Å²) in [6.45, 7) is 1.35. The van der Waals surface area contributed by atoms with Gasteiger partial charge in [0.1, 0.15) is 0 Å². The second-order valence-electron chi connectivity index (χ2n) is 4.61. The number of aliphatic hydroxyl groups is 1. The topological polar surface area (TPSA) is 55.5 Å². The second-order valence-corrected chi connectivity index (χ2v) is 4.61. The van der Waals surface area contributed by atoms with Crippen LogP contribution in [0.3, 0.4) is 0 Å². The predicted octanol–water partition coefficient (Wildman–Crippen LogP) is 1.26. The Morgan fingerprint density at radius 2 is 2.25 bits per heavy atom. The van der Waals surface area contributed by atoms with Gasteiger partial charge in [0, 0.05) is 19.1 Å². The highest BCUT2D eigenvalue weighted by Crippen LogP contribution is 2.58. The molecule has 0 saturated heterocycles. The van der Waals surface area contributed by atoms with E-state index in [2.05, 4.69) is 12.1 Å². The lowest BCUT2D eigenvalue weighted by Crippen LogP contribution is -2.21. The van der Waals surface area contributed by atoms with Gasteiger partial charge in [0.25, 0.3) is 0 Å². The molecule has 0 heterocycles. The molecule has 1 aliphatic carbocycles. The Morgan fingerprint density at radius 1 is 1.50 bits per heavy atom. The molecule has 1 aromatic rings. The molecule has 0 aromatic heterocycles. The van der Waals surface area contributed by atoms with Gasteiger partial charge in [-0.1, -0.05) is 24.3 Å². The van der Waals surface area contributed by atoms with Crippen LogP contribution >= 0.6 is 0 Å². The van der Waals surface area contributed by atoms with E-state index in [9.17, 15) is 5.11 Å². The van der Waals surface area contributed by atoms with Gasteiger partial charge in [-0.25, -0.2) is 0 Å². The summed E-state index contributed by atoms with van der Waals surface area (Å²) in [7, 11) is 1.70. The number of benzene rings is 1. The summed E-state index contributed by atoms with van der Waals surface area (Å²) in [6.07, 6.45) is 0.987. The molecule has 1 saturated carbocycles. The van der Waals surface area contributed by atoms with E-state index in [0.29, 0.717) is 19.1 Å². The first-order chi connectivity index (χ1) is 7.77. The molecule has 16 heavy (non-hydrogen) atoms. The van der Waals surface area contributed by atoms with Gasteiger partial charge < -0.3 is 15.6 Å². The van der Waals surface area contributed by atoms with E-state index in [1.54, 1.807) is 7.11 Å². The third kappa shape index (κ3) is 1.86. The van der Waals surface area contributed by atoms with Crippen LogP contribution in [-0.4, -0.2) is 25.4 Å². The lowest BCUT2D eigenvalue weighted by Gasteiger charge is -2.14. The SMILES string of the molecule is COCc1ccccc1C1CC1(CN)CO. The number of hydrogen-bond acceptors (Lipinski definition) is 3. The normalized spacial score (nSPS) is 28.1. The van der Waals surface area contributed by atoms with Gasteiger partial charge in [-0.05, 0) is 23.5 Å². The first-order valence-electron chi connectivity index (χ1n) is 5.65. The van der Waals surface area contributed by atoms with Crippen molar-refractivity contribution in [2.24, 2.45) is 11.1 Å². The van der Waals surface area contributed by atoms with Crippen LogP contribution in [0.2, 0.25) is 0 Å². The van der Waals surface area contributed by atoms with E-state index in [0.717, 1.165) is 6.42 Å². The molecule has 2 atom stereocenters. The van der Waals surface area contributed by atoms with E-state index in [1.807, 2.05) is 12.1 Å². The third-order valence-corrected chi connectivity index (χ3v) is 3.64. The standard InChI is InChI=1S/C13H19NO2/c1-16-7-10-4-2-3-5-11(10)12-6-13(12,8-14)9-15/h2-5,12,15H,6-9,14H2,1H3. The Bertz CT molecular complexity index is 361. The van der Waals surface area contributed by atoms with Crippen molar-refractivity contribution in [1.29, 1.82) is 0 Å². The molecule has 0 radical (unpaired) electrons. The quantitative estimate of drug-likeness (QED) is 0.787. The number of ether oxygens (including phenoxy) is 1. The van der Waals surface area contributed by atoms with Gasteiger partial charge in [-0.3, -0.25) is 0 Å². The maximum atomic E-state index is 9.40. The van der Waals surface area contributed by atoms with Gasteiger partial charge in [0.05, 0.1) is 13.2 Å². The fourth-order valence-electron chi connectivity index (χ4n) is 2.41. The molecule has 3 heteroatoms. The van der Waals surface area contributed by atoms with E-state index in [4.69, 9.17) is 10.5 Å². The highest BCUT2D eigenvalue weighted by molar-refractivity contribution is 5.37. The Kier molecular flexibility index (Phi) is 3.28. The molecule has 3 N–H and O–H groups in total. The van der Waals surface area contributed by atoms with Crippen molar-refractivity contribution in [2.75, 3.05) is 20.3 Å². The largest absolute Gasteiger partial charge is 0.396 e. The Balaban J connectivity index is 2.22. The number of methoxy groups -OCH3 is 1. The van der Waals surface area contributed by atoms with Crippen LogP contribution in [0.5, 0.6) is 0 Å². The molecule has 0 bridgehead atoms. The number of nitrogens with two attached hydrogens (primary N) is 1. The molecule has 1 aliphatic rings. The van der Waals surface area contributed by atoms with Crippen molar-refractivity contribution in [1.82, 2.24) is 0 Å². The minimum Gasteiger partial charge on any atom is -0.396 e. The average Bonchev–Trinajstić information content (AvgIpc) is 3.05. The Labute approximate surface area is 96.2 Å². The van der Waals surface area contributed by atoms with E-state index < -0.39 is 0 Å². The van der Waals surface area contributed by atoms with E-state index >= 15 is 0 Å². The molecule has 0 spiro atoms. The molecule has 3 nitrogen and oxygen atoms in total. The van der Waals surface area contributed by atoms with Gasteiger partial charge in [0.15, 0.2) is 0 Å². The molecule has 1 fully saturated rings. The number of hydrogen-bond donors (Lipinski definition) is 2.